The van der Waals surface area contributed by atoms with Crippen molar-refractivity contribution in [2.45, 2.75) is 27.7 Å². The van der Waals surface area contributed by atoms with Crippen LogP contribution in [0.3, 0.4) is 0 Å². The van der Waals surface area contributed by atoms with E-state index in [0.29, 0.717) is 30.6 Å². The van der Waals surface area contributed by atoms with E-state index in [1.165, 1.54) is 0 Å². The summed E-state index contributed by atoms with van der Waals surface area (Å²) in [5.41, 5.74) is 2.60. The van der Waals surface area contributed by atoms with Crippen LogP contribution in [0.1, 0.15) is 25.1 Å². The van der Waals surface area contributed by atoms with Crippen LogP contribution in [0.4, 0.5) is 11.5 Å². The van der Waals surface area contributed by atoms with Gasteiger partial charge >= 0.3 is 0 Å². The molecule has 0 bridgehead atoms. The molecule has 0 fully saturated rings. The highest BCUT2D eigenvalue weighted by Gasteiger charge is 2.18. The van der Waals surface area contributed by atoms with Crippen molar-refractivity contribution >= 4 is 17.3 Å². The summed E-state index contributed by atoms with van der Waals surface area (Å²) in [5, 5.41) is 8.05. The monoisotopic (exact) mass is 393 g/mol. The predicted octanol–water partition coefficient (Wildman–Crippen LogP) is 4.54. The molecule has 0 radical (unpaired) electrons. The number of aromatic nitrogens is 4. The van der Waals surface area contributed by atoms with Gasteiger partial charge in [0.25, 0.3) is 5.78 Å². The lowest BCUT2D eigenvalue weighted by Crippen LogP contribution is -2.08. The summed E-state index contributed by atoms with van der Waals surface area (Å²) < 4.78 is 18.6. The van der Waals surface area contributed by atoms with Gasteiger partial charge in [0, 0.05) is 17.3 Å². The standard InChI is InChI=1S/C21H23N5O3/c1-5-27-15-9-10-17(28-6-2)16(12-15)23-20-13(3)14(4)22-21-24-19(25-26(20)21)18-8-7-11-29-18/h7-12,23H,5-6H2,1-4H3. The first-order chi connectivity index (χ1) is 14.1. The fourth-order valence-corrected chi connectivity index (χ4v) is 3.02. The Bertz CT molecular complexity index is 1140. The molecule has 0 saturated heterocycles. The maximum absolute atomic E-state index is 5.79. The molecule has 0 aliphatic heterocycles. The van der Waals surface area contributed by atoms with Crippen LogP contribution in [0.15, 0.2) is 41.0 Å². The van der Waals surface area contributed by atoms with Gasteiger partial charge in [-0.2, -0.15) is 9.50 Å². The minimum atomic E-state index is 0.476. The van der Waals surface area contributed by atoms with Crippen LogP contribution >= 0.6 is 0 Å². The largest absolute Gasteiger partial charge is 0.494 e. The Morgan fingerprint density at radius 3 is 2.62 bits per heavy atom. The molecule has 0 spiro atoms. The van der Waals surface area contributed by atoms with Crippen LogP contribution in [-0.4, -0.2) is 32.8 Å². The van der Waals surface area contributed by atoms with E-state index >= 15 is 0 Å². The SMILES string of the molecule is CCOc1ccc(OCC)c(Nc2c(C)c(C)nc3nc(-c4ccco4)nn23)c1. The van der Waals surface area contributed by atoms with Crippen molar-refractivity contribution in [1.82, 2.24) is 19.6 Å². The van der Waals surface area contributed by atoms with Crippen molar-refractivity contribution in [3.8, 4) is 23.1 Å². The smallest absolute Gasteiger partial charge is 0.255 e. The van der Waals surface area contributed by atoms with Gasteiger partial charge in [-0.25, -0.2) is 4.98 Å². The molecule has 8 nitrogen and oxygen atoms in total. The zero-order valence-electron chi connectivity index (χ0n) is 16.9. The molecule has 0 aliphatic rings. The number of fused-ring (bicyclic) bond motifs is 1. The Balaban J connectivity index is 1.83. The fraction of sp³-hybridized carbons (Fsp3) is 0.286. The number of nitrogens with one attached hydrogen (secondary N) is 1. The lowest BCUT2D eigenvalue weighted by Gasteiger charge is -2.16. The third-order valence-electron chi connectivity index (χ3n) is 4.52. The minimum absolute atomic E-state index is 0.476. The molecule has 150 valence electrons. The third kappa shape index (κ3) is 3.61. The summed E-state index contributed by atoms with van der Waals surface area (Å²) in [6, 6.07) is 9.33. The summed E-state index contributed by atoms with van der Waals surface area (Å²) in [4.78, 5) is 9.08. The van der Waals surface area contributed by atoms with Crippen molar-refractivity contribution in [2.24, 2.45) is 0 Å². The van der Waals surface area contributed by atoms with Gasteiger partial charge in [-0.15, -0.1) is 5.10 Å². The first-order valence-electron chi connectivity index (χ1n) is 9.55. The van der Waals surface area contributed by atoms with E-state index in [1.54, 1.807) is 16.8 Å². The van der Waals surface area contributed by atoms with Crippen molar-refractivity contribution in [1.29, 1.82) is 0 Å². The highest BCUT2D eigenvalue weighted by atomic mass is 16.5. The van der Waals surface area contributed by atoms with Gasteiger partial charge in [-0.1, -0.05) is 0 Å². The van der Waals surface area contributed by atoms with Crippen molar-refractivity contribution in [2.75, 3.05) is 18.5 Å². The lowest BCUT2D eigenvalue weighted by atomic mass is 10.2. The van der Waals surface area contributed by atoms with Gasteiger partial charge in [0.05, 0.1) is 25.2 Å². The maximum Gasteiger partial charge on any atom is 0.255 e. The molecule has 0 amide bonds. The van der Waals surface area contributed by atoms with E-state index in [4.69, 9.17) is 13.9 Å². The number of nitrogens with zero attached hydrogens (tertiary/aromatic N) is 4. The summed E-state index contributed by atoms with van der Waals surface area (Å²) in [6.07, 6.45) is 1.59. The van der Waals surface area contributed by atoms with Crippen LogP contribution in [-0.2, 0) is 0 Å². The highest BCUT2D eigenvalue weighted by Crippen LogP contribution is 2.33. The third-order valence-corrected chi connectivity index (χ3v) is 4.52. The minimum Gasteiger partial charge on any atom is -0.494 e. The molecule has 1 aromatic carbocycles. The van der Waals surface area contributed by atoms with Gasteiger partial charge in [-0.3, -0.25) is 0 Å². The molecule has 29 heavy (non-hydrogen) atoms. The number of aryl methyl sites for hydroxylation is 1. The van der Waals surface area contributed by atoms with Gasteiger partial charge in [0.15, 0.2) is 5.76 Å². The summed E-state index contributed by atoms with van der Waals surface area (Å²) in [6.45, 7) is 8.98. The van der Waals surface area contributed by atoms with Crippen molar-refractivity contribution in [3.05, 3.63) is 47.9 Å². The summed E-state index contributed by atoms with van der Waals surface area (Å²) in [7, 11) is 0. The zero-order valence-corrected chi connectivity index (χ0v) is 16.9. The van der Waals surface area contributed by atoms with E-state index < -0.39 is 0 Å². The van der Waals surface area contributed by atoms with Gasteiger partial charge in [0.1, 0.15) is 17.3 Å². The second kappa shape index (κ2) is 7.83. The first kappa shape index (κ1) is 18.8. The Labute approximate surface area is 168 Å². The van der Waals surface area contributed by atoms with Gasteiger partial charge in [-0.05, 0) is 52.0 Å². The van der Waals surface area contributed by atoms with E-state index in [0.717, 1.165) is 34.3 Å². The Hall–Kier alpha value is -3.55. The molecule has 8 heteroatoms. The van der Waals surface area contributed by atoms with Gasteiger partial charge in [0.2, 0.25) is 5.82 Å². The van der Waals surface area contributed by atoms with Crippen LogP contribution < -0.4 is 14.8 Å². The molecule has 1 N–H and O–H groups in total. The van der Waals surface area contributed by atoms with E-state index in [1.807, 2.05) is 52.0 Å². The van der Waals surface area contributed by atoms with E-state index in [-0.39, 0.29) is 0 Å². The van der Waals surface area contributed by atoms with E-state index in [9.17, 15) is 0 Å². The van der Waals surface area contributed by atoms with Crippen molar-refractivity contribution < 1.29 is 13.9 Å². The zero-order chi connectivity index (χ0) is 20.4. The molecule has 4 aromatic rings. The van der Waals surface area contributed by atoms with E-state index in [2.05, 4.69) is 20.4 Å². The lowest BCUT2D eigenvalue weighted by molar-refractivity contribution is 0.332. The number of hydrogen-bond acceptors (Lipinski definition) is 7. The molecule has 4 rings (SSSR count). The number of rotatable bonds is 7. The summed E-state index contributed by atoms with van der Waals surface area (Å²) >= 11 is 0. The number of anilines is 2. The molecule has 0 unspecified atom stereocenters. The second-order valence-corrected chi connectivity index (χ2v) is 6.44. The Kier molecular flexibility index (Phi) is 5.07. The highest BCUT2D eigenvalue weighted by molar-refractivity contribution is 5.70. The molecular formula is C21H23N5O3. The van der Waals surface area contributed by atoms with Crippen LogP contribution in [0, 0.1) is 13.8 Å². The molecule has 3 heterocycles. The first-order valence-corrected chi connectivity index (χ1v) is 9.55. The number of hydrogen-bond donors (Lipinski definition) is 1. The van der Waals surface area contributed by atoms with Crippen LogP contribution in [0.25, 0.3) is 17.4 Å². The fourth-order valence-electron chi connectivity index (χ4n) is 3.02. The molecule has 0 saturated carbocycles. The number of furan rings is 1. The predicted molar refractivity (Wildman–Crippen MR) is 110 cm³/mol. The molecule has 0 atom stereocenters. The number of benzene rings is 1. The normalized spacial score (nSPS) is 11.0. The average molecular weight is 393 g/mol. The van der Waals surface area contributed by atoms with Crippen LogP contribution in [0.5, 0.6) is 11.5 Å². The Morgan fingerprint density at radius 2 is 1.90 bits per heavy atom. The average Bonchev–Trinajstić information content (AvgIpc) is 3.37. The maximum atomic E-state index is 5.79. The Morgan fingerprint density at radius 1 is 1.07 bits per heavy atom. The molecular weight excluding hydrogens is 370 g/mol. The molecule has 0 aliphatic carbocycles. The topological polar surface area (TPSA) is 86.7 Å². The second-order valence-electron chi connectivity index (χ2n) is 6.44. The summed E-state index contributed by atoms with van der Waals surface area (Å²) in [5.74, 6) is 3.79. The van der Waals surface area contributed by atoms with Gasteiger partial charge < -0.3 is 19.2 Å². The number of ether oxygens (including phenoxy) is 2. The molecule has 3 aromatic heterocycles. The van der Waals surface area contributed by atoms with Crippen molar-refractivity contribution in [3.63, 3.8) is 0 Å². The van der Waals surface area contributed by atoms with Crippen LogP contribution in [0.2, 0.25) is 0 Å². The quantitative estimate of drug-likeness (QED) is 0.493.